The first kappa shape index (κ1) is 31.0. The Morgan fingerprint density at radius 2 is 1.40 bits per heavy atom. The molecule has 4 rings (SSSR count). The molecule has 14 heteroatoms. The number of aromatic hydroxyl groups is 1. The van der Waals surface area contributed by atoms with Gasteiger partial charge in [-0.1, -0.05) is 12.1 Å². The van der Waals surface area contributed by atoms with Crippen LogP contribution in [0.15, 0.2) is 18.2 Å². The first-order valence-corrected chi connectivity index (χ1v) is 13.3. The molecule has 2 atom stereocenters. The van der Waals surface area contributed by atoms with Gasteiger partial charge in [-0.2, -0.15) is 0 Å². The largest absolute Gasteiger partial charge is 0.513 e. The van der Waals surface area contributed by atoms with Crippen molar-refractivity contribution in [2.75, 3.05) is 19.8 Å². The standard InChI is InChI=1S/C29H28O14/c1-5-38-26(34)41-17-12-29(37,13(4)30)11-15-19(17)25(43-28(36)40-7-3)21-20(24(15)42-27(35)39-6-2)22(32)14-9-8-10-16(31)18(14)23(21)33/h8-10,17,31,37H,5-7,11-12H2,1-4H3/t17-,29-/m1/s1. The topological polar surface area (TPSA) is 198 Å². The first-order chi connectivity index (χ1) is 20.4. The highest BCUT2D eigenvalue weighted by Crippen LogP contribution is 2.53. The molecule has 0 fully saturated rings. The molecule has 0 saturated heterocycles. The maximum absolute atomic E-state index is 14.0. The Hall–Kier alpha value is -4.98. The lowest BCUT2D eigenvalue weighted by Crippen LogP contribution is -2.45. The molecule has 228 valence electrons. The second-order valence-electron chi connectivity index (χ2n) is 9.49. The molecule has 0 heterocycles. The van der Waals surface area contributed by atoms with Gasteiger partial charge in [0, 0.05) is 29.5 Å². The molecule has 0 spiro atoms. The predicted octanol–water partition coefficient (Wildman–Crippen LogP) is 3.72. The molecule has 0 aromatic heterocycles. The van der Waals surface area contributed by atoms with Crippen LogP contribution in [-0.2, 0) is 30.2 Å². The maximum Gasteiger partial charge on any atom is 0.513 e. The number of benzene rings is 2. The van der Waals surface area contributed by atoms with Crippen molar-refractivity contribution < 1.29 is 67.4 Å². The van der Waals surface area contributed by atoms with E-state index < -0.39 is 94.3 Å². The minimum atomic E-state index is -2.25. The summed E-state index contributed by atoms with van der Waals surface area (Å²) in [7, 11) is 0. The molecular weight excluding hydrogens is 572 g/mol. The van der Waals surface area contributed by atoms with Gasteiger partial charge >= 0.3 is 18.5 Å². The van der Waals surface area contributed by atoms with Crippen molar-refractivity contribution in [1.29, 1.82) is 0 Å². The third-order valence-electron chi connectivity index (χ3n) is 6.88. The molecule has 0 bridgehead atoms. The second kappa shape index (κ2) is 12.1. The lowest BCUT2D eigenvalue weighted by Gasteiger charge is -2.38. The highest BCUT2D eigenvalue weighted by Gasteiger charge is 2.50. The molecule has 0 unspecified atom stereocenters. The molecule has 2 aromatic rings. The highest BCUT2D eigenvalue weighted by atomic mass is 16.7. The number of ether oxygens (including phenoxy) is 6. The molecule has 2 aromatic carbocycles. The molecular formula is C29H28O14. The Bertz CT molecular complexity index is 1540. The number of phenolic OH excluding ortho intramolecular Hbond substituents is 1. The second-order valence-corrected chi connectivity index (χ2v) is 9.49. The summed E-state index contributed by atoms with van der Waals surface area (Å²) < 4.78 is 31.0. The molecule has 2 N–H and O–H groups in total. The van der Waals surface area contributed by atoms with Gasteiger partial charge in [0.2, 0.25) is 5.78 Å². The summed E-state index contributed by atoms with van der Waals surface area (Å²) in [6, 6.07) is 3.72. The fourth-order valence-corrected chi connectivity index (χ4v) is 5.04. The number of carbonyl (C=O) groups excluding carboxylic acids is 6. The van der Waals surface area contributed by atoms with E-state index >= 15 is 0 Å². The van der Waals surface area contributed by atoms with E-state index in [0.29, 0.717) is 0 Å². The molecule has 0 aliphatic heterocycles. The van der Waals surface area contributed by atoms with Crippen LogP contribution < -0.4 is 9.47 Å². The first-order valence-electron chi connectivity index (χ1n) is 13.3. The van der Waals surface area contributed by atoms with Gasteiger partial charge in [0.1, 0.15) is 23.2 Å². The SMILES string of the molecule is CCOC(=O)Oc1c2c(c(OC(=O)OCC)c3c1C(=O)c1cccc(O)c1C3=O)[C@H](OC(=O)OCC)C[C@@](O)(C(C)=O)C2. The summed E-state index contributed by atoms with van der Waals surface area (Å²) >= 11 is 0. The number of ketones is 3. The highest BCUT2D eigenvalue weighted by molar-refractivity contribution is 6.31. The van der Waals surface area contributed by atoms with Crippen LogP contribution in [0.3, 0.4) is 0 Å². The summed E-state index contributed by atoms with van der Waals surface area (Å²) in [5, 5.41) is 21.9. The van der Waals surface area contributed by atoms with Crippen molar-refractivity contribution >= 4 is 35.8 Å². The zero-order valence-corrected chi connectivity index (χ0v) is 23.6. The molecule has 0 radical (unpaired) electrons. The Labute approximate surface area is 244 Å². The van der Waals surface area contributed by atoms with Crippen LogP contribution in [0.25, 0.3) is 0 Å². The Balaban J connectivity index is 2.15. The van der Waals surface area contributed by atoms with E-state index in [1.807, 2.05) is 0 Å². The van der Waals surface area contributed by atoms with E-state index in [0.717, 1.165) is 13.0 Å². The summed E-state index contributed by atoms with van der Waals surface area (Å²) in [5.74, 6) is -4.53. The van der Waals surface area contributed by atoms with Gasteiger partial charge in [0.05, 0.1) is 36.5 Å². The Morgan fingerprint density at radius 3 is 1.98 bits per heavy atom. The number of Topliss-reactive ketones (excluding diaryl/α,β-unsaturated/α-hetero) is 1. The number of carbonyl (C=O) groups is 6. The van der Waals surface area contributed by atoms with Gasteiger partial charge in [0.15, 0.2) is 17.3 Å². The fraction of sp³-hybridized carbons (Fsp3) is 0.379. The number of fused-ring (bicyclic) bond motifs is 3. The number of aliphatic hydroxyl groups is 1. The minimum Gasteiger partial charge on any atom is -0.507 e. The lowest BCUT2D eigenvalue weighted by atomic mass is 9.72. The van der Waals surface area contributed by atoms with Crippen LogP contribution in [0.5, 0.6) is 17.2 Å². The van der Waals surface area contributed by atoms with Gasteiger partial charge in [-0.05, 0) is 33.8 Å². The molecule has 43 heavy (non-hydrogen) atoms. The summed E-state index contributed by atoms with van der Waals surface area (Å²) in [6.45, 7) is 5.10. The molecule has 2 aliphatic rings. The van der Waals surface area contributed by atoms with Gasteiger partial charge in [-0.15, -0.1) is 0 Å². The van der Waals surface area contributed by atoms with E-state index in [1.54, 1.807) is 0 Å². The maximum atomic E-state index is 14.0. The van der Waals surface area contributed by atoms with Crippen molar-refractivity contribution in [1.82, 2.24) is 0 Å². The molecule has 2 aliphatic carbocycles. The van der Waals surface area contributed by atoms with E-state index in [9.17, 15) is 39.0 Å². The summed E-state index contributed by atoms with van der Waals surface area (Å²) in [4.78, 5) is 78.4. The van der Waals surface area contributed by atoms with Crippen molar-refractivity contribution in [3.05, 3.63) is 51.6 Å². The van der Waals surface area contributed by atoms with Crippen LogP contribution in [0.1, 0.15) is 83.2 Å². The van der Waals surface area contributed by atoms with Crippen LogP contribution in [0, 0.1) is 0 Å². The van der Waals surface area contributed by atoms with Crippen molar-refractivity contribution in [3.8, 4) is 17.2 Å². The smallest absolute Gasteiger partial charge is 0.507 e. The average molecular weight is 601 g/mol. The number of hydrogen-bond acceptors (Lipinski definition) is 14. The number of hydrogen-bond donors (Lipinski definition) is 2. The van der Waals surface area contributed by atoms with Crippen molar-refractivity contribution in [2.45, 2.75) is 52.2 Å². The van der Waals surface area contributed by atoms with Crippen molar-refractivity contribution in [2.24, 2.45) is 0 Å². The predicted molar refractivity (Wildman–Crippen MR) is 142 cm³/mol. The van der Waals surface area contributed by atoms with E-state index in [2.05, 4.69) is 0 Å². The summed E-state index contributed by atoms with van der Waals surface area (Å²) in [6.07, 6.45) is -6.76. The number of phenols is 1. The third-order valence-corrected chi connectivity index (χ3v) is 6.88. The minimum absolute atomic E-state index is 0.119. The van der Waals surface area contributed by atoms with E-state index in [4.69, 9.17) is 28.4 Å². The van der Waals surface area contributed by atoms with E-state index in [-0.39, 0.29) is 36.5 Å². The summed E-state index contributed by atoms with van der Waals surface area (Å²) in [5.41, 5.74) is -4.73. The molecule has 0 amide bonds. The average Bonchev–Trinajstić information content (AvgIpc) is 2.92. The van der Waals surface area contributed by atoms with Crippen molar-refractivity contribution in [3.63, 3.8) is 0 Å². The quantitative estimate of drug-likeness (QED) is 0.226. The molecule has 14 nitrogen and oxygen atoms in total. The van der Waals surface area contributed by atoms with Gasteiger partial charge in [-0.25, -0.2) is 14.4 Å². The number of rotatable bonds is 7. The van der Waals surface area contributed by atoms with Gasteiger partial charge in [0.25, 0.3) is 0 Å². The van der Waals surface area contributed by atoms with Gasteiger partial charge in [-0.3, -0.25) is 14.4 Å². The fourth-order valence-electron chi connectivity index (χ4n) is 5.04. The molecule has 0 saturated carbocycles. The third kappa shape index (κ3) is 5.60. The van der Waals surface area contributed by atoms with E-state index in [1.165, 1.54) is 32.9 Å². The Morgan fingerprint density at radius 1 is 0.837 bits per heavy atom. The zero-order chi connectivity index (χ0) is 31.6. The Kier molecular flexibility index (Phi) is 8.71. The lowest BCUT2D eigenvalue weighted by molar-refractivity contribution is -0.140. The van der Waals surface area contributed by atoms with Gasteiger partial charge < -0.3 is 38.6 Å². The van der Waals surface area contributed by atoms with Crippen LogP contribution in [0.4, 0.5) is 14.4 Å². The van der Waals surface area contributed by atoms with Crippen LogP contribution in [0.2, 0.25) is 0 Å². The van der Waals surface area contributed by atoms with Crippen LogP contribution in [-0.4, -0.2) is 71.5 Å². The van der Waals surface area contributed by atoms with Crippen LogP contribution >= 0.6 is 0 Å². The zero-order valence-electron chi connectivity index (χ0n) is 23.6. The monoisotopic (exact) mass is 600 g/mol. The normalized spacial score (nSPS) is 18.4.